The van der Waals surface area contributed by atoms with Gasteiger partial charge in [0, 0.05) is 16.1 Å². The quantitative estimate of drug-likeness (QED) is 0.884. The van der Waals surface area contributed by atoms with Gasteiger partial charge in [0.2, 0.25) is 0 Å². The summed E-state index contributed by atoms with van der Waals surface area (Å²) >= 11 is 5.61. The molecule has 1 atom stereocenters. The molecule has 2 aromatic carbocycles. The summed E-state index contributed by atoms with van der Waals surface area (Å²) in [5, 5.41) is 10.5. The summed E-state index contributed by atoms with van der Waals surface area (Å²) in [5.41, 5.74) is -2.52. The molecule has 0 bridgehead atoms. The van der Waals surface area contributed by atoms with Crippen molar-refractivity contribution < 1.29 is 18.3 Å². The fourth-order valence-electron chi connectivity index (χ4n) is 1.91. The third kappa shape index (κ3) is 2.46. The summed E-state index contributed by atoms with van der Waals surface area (Å²) in [6.07, 6.45) is 0. The predicted molar refractivity (Wildman–Crippen MR) is 66.4 cm³/mol. The molecule has 0 aliphatic carbocycles. The topological polar surface area (TPSA) is 20.2 Å². The molecule has 5 heteroatoms. The highest BCUT2D eigenvalue weighted by Crippen LogP contribution is 2.34. The monoisotopic (exact) mass is 286 g/mol. The second-order valence-corrected chi connectivity index (χ2v) is 4.73. The third-order valence-electron chi connectivity index (χ3n) is 2.93. The van der Waals surface area contributed by atoms with E-state index in [0.29, 0.717) is 0 Å². The molecule has 0 saturated heterocycles. The Morgan fingerprint density at radius 3 is 2.32 bits per heavy atom. The summed E-state index contributed by atoms with van der Waals surface area (Å²) in [6, 6.07) is 6.98. The van der Waals surface area contributed by atoms with Gasteiger partial charge in [0.05, 0.1) is 0 Å². The summed E-state index contributed by atoms with van der Waals surface area (Å²) in [6.45, 7) is 1.19. The summed E-state index contributed by atoms with van der Waals surface area (Å²) in [4.78, 5) is 0. The van der Waals surface area contributed by atoms with Gasteiger partial charge in [0.15, 0.2) is 11.6 Å². The second-order valence-electron chi connectivity index (χ2n) is 4.30. The molecule has 0 aliphatic heterocycles. The van der Waals surface area contributed by atoms with Crippen LogP contribution in [0.25, 0.3) is 0 Å². The van der Waals surface area contributed by atoms with Crippen LogP contribution >= 0.6 is 11.6 Å². The highest BCUT2D eigenvalue weighted by Gasteiger charge is 2.32. The van der Waals surface area contributed by atoms with Crippen molar-refractivity contribution in [1.82, 2.24) is 0 Å². The molecule has 100 valence electrons. The number of hydrogen-bond acceptors (Lipinski definition) is 1. The lowest BCUT2D eigenvalue weighted by atomic mass is 9.87. The first-order valence-electron chi connectivity index (χ1n) is 5.46. The average molecular weight is 287 g/mol. The van der Waals surface area contributed by atoms with Gasteiger partial charge in [0.1, 0.15) is 11.4 Å². The van der Waals surface area contributed by atoms with Crippen molar-refractivity contribution in [3.05, 3.63) is 70.0 Å². The normalized spacial score (nSPS) is 14.2. The molecule has 0 heterocycles. The van der Waals surface area contributed by atoms with E-state index in [1.165, 1.54) is 31.2 Å². The molecule has 2 aromatic rings. The Bertz CT molecular complexity index is 626. The van der Waals surface area contributed by atoms with Crippen LogP contribution in [0.5, 0.6) is 0 Å². The van der Waals surface area contributed by atoms with Gasteiger partial charge in [0.25, 0.3) is 0 Å². The van der Waals surface area contributed by atoms with Crippen molar-refractivity contribution in [3.8, 4) is 0 Å². The first-order valence-corrected chi connectivity index (χ1v) is 5.84. The van der Waals surface area contributed by atoms with E-state index in [1.54, 1.807) is 0 Å². The maximum atomic E-state index is 13.8. The van der Waals surface area contributed by atoms with Gasteiger partial charge < -0.3 is 5.11 Å². The van der Waals surface area contributed by atoms with Crippen LogP contribution in [0.1, 0.15) is 18.1 Å². The zero-order valence-electron chi connectivity index (χ0n) is 9.92. The summed E-state index contributed by atoms with van der Waals surface area (Å²) < 4.78 is 40.7. The Morgan fingerprint density at radius 2 is 1.68 bits per heavy atom. The van der Waals surface area contributed by atoms with Crippen LogP contribution in [0.15, 0.2) is 36.4 Å². The Morgan fingerprint density at radius 1 is 1.00 bits per heavy atom. The van der Waals surface area contributed by atoms with Crippen molar-refractivity contribution in [1.29, 1.82) is 0 Å². The van der Waals surface area contributed by atoms with Crippen molar-refractivity contribution in [2.45, 2.75) is 12.5 Å². The van der Waals surface area contributed by atoms with E-state index in [-0.39, 0.29) is 16.1 Å². The van der Waals surface area contributed by atoms with Gasteiger partial charge in [-0.1, -0.05) is 29.8 Å². The summed E-state index contributed by atoms with van der Waals surface area (Å²) in [5.74, 6) is -3.10. The molecule has 0 spiro atoms. The molecule has 2 rings (SSSR count). The molecule has 19 heavy (non-hydrogen) atoms. The highest BCUT2D eigenvalue weighted by molar-refractivity contribution is 6.30. The molecule has 0 aromatic heterocycles. The number of benzene rings is 2. The highest BCUT2D eigenvalue weighted by atomic mass is 35.5. The van der Waals surface area contributed by atoms with Gasteiger partial charge in [-0.15, -0.1) is 0 Å². The maximum absolute atomic E-state index is 13.8. The smallest absolute Gasteiger partial charge is 0.165 e. The molecule has 1 unspecified atom stereocenters. The number of hydrogen-bond donors (Lipinski definition) is 1. The first kappa shape index (κ1) is 13.9. The molecule has 1 N–H and O–H groups in total. The minimum Gasteiger partial charge on any atom is -0.380 e. The van der Waals surface area contributed by atoms with Crippen LogP contribution in [0, 0.1) is 17.5 Å². The average Bonchev–Trinajstić information content (AvgIpc) is 2.31. The number of halogens is 4. The maximum Gasteiger partial charge on any atom is 0.165 e. The molecule has 0 amide bonds. The van der Waals surface area contributed by atoms with Gasteiger partial charge in [-0.2, -0.15) is 0 Å². The fraction of sp³-hybridized carbons (Fsp3) is 0.143. The van der Waals surface area contributed by atoms with Crippen LogP contribution < -0.4 is 0 Å². The van der Waals surface area contributed by atoms with Crippen molar-refractivity contribution in [2.24, 2.45) is 0 Å². The van der Waals surface area contributed by atoms with E-state index >= 15 is 0 Å². The number of aliphatic hydroxyl groups is 1. The lowest BCUT2D eigenvalue weighted by Crippen LogP contribution is -2.26. The van der Waals surface area contributed by atoms with Crippen LogP contribution in [0.4, 0.5) is 13.2 Å². The Kier molecular flexibility index (Phi) is 3.56. The van der Waals surface area contributed by atoms with Crippen molar-refractivity contribution >= 4 is 11.6 Å². The lowest BCUT2D eigenvalue weighted by Gasteiger charge is -2.25. The van der Waals surface area contributed by atoms with Gasteiger partial charge in [-0.25, -0.2) is 13.2 Å². The van der Waals surface area contributed by atoms with Crippen LogP contribution in [0.2, 0.25) is 5.02 Å². The zero-order chi connectivity index (χ0) is 14.2. The molecule has 0 radical (unpaired) electrons. The minimum atomic E-state index is -2.00. The van der Waals surface area contributed by atoms with Crippen molar-refractivity contribution in [3.63, 3.8) is 0 Å². The SMILES string of the molecule is CC(O)(c1ccc(Cl)cc1F)c1cccc(F)c1F. The summed E-state index contributed by atoms with van der Waals surface area (Å²) in [7, 11) is 0. The Labute approximate surface area is 113 Å². The van der Waals surface area contributed by atoms with Gasteiger partial charge in [-0.3, -0.25) is 0 Å². The van der Waals surface area contributed by atoms with E-state index in [1.807, 2.05) is 0 Å². The van der Waals surface area contributed by atoms with Crippen LogP contribution in [-0.4, -0.2) is 5.11 Å². The Hall–Kier alpha value is -1.52. The van der Waals surface area contributed by atoms with Crippen LogP contribution in [-0.2, 0) is 5.60 Å². The second kappa shape index (κ2) is 4.87. The van der Waals surface area contributed by atoms with Crippen LogP contribution in [0.3, 0.4) is 0 Å². The predicted octanol–water partition coefficient (Wildman–Crippen LogP) is 4.01. The lowest BCUT2D eigenvalue weighted by molar-refractivity contribution is 0.0929. The molecular weight excluding hydrogens is 277 g/mol. The molecular formula is C14H10ClF3O. The van der Waals surface area contributed by atoms with Gasteiger partial charge >= 0.3 is 0 Å². The Balaban J connectivity index is 2.61. The number of rotatable bonds is 2. The van der Waals surface area contributed by atoms with E-state index in [2.05, 4.69) is 0 Å². The van der Waals surface area contributed by atoms with Crippen molar-refractivity contribution in [2.75, 3.05) is 0 Å². The van der Waals surface area contributed by atoms with E-state index in [4.69, 9.17) is 11.6 Å². The van der Waals surface area contributed by atoms with Gasteiger partial charge in [-0.05, 0) is 25.1 Å². The molecule has 1 nitrogen and oxygen atoms in total. The molecule has 0 fully saturated rings. The zero-order valence-corrected chi connectivity index (χ0v) is 10.7. The molecule has 0 saturated carbocycles. The first-order chi connectivity index (χ1) is 8.84. The van der Waals surface area contributed by atoms with E-state index < -0.39 is 23.1 Å². The molecule has 0 aliphatic rings. The third-order valence-corrected chi connectivity index (χ3v) is 3.17. The standard InChI is InChI=1S/C14H10ClF3O/c1-14(19,9-6-5-8(15)7-12(9)17)10-3-2-4-11(16)13(10)18/h2-7,19H,1H3. The van der Waals surface area contributed by atoms with E-state index in [0.717, 1.165) is 12.1 Å². The van der Waals surface area contributed by atoms with E-state index in [9.17, 15) is 18.3 Å². The fourth-order valence-corrected chi connectivity index (χ4v) is 2.07. The minimum absolute atomic E-state index is 0.150. The largest absolute Gasteiger partial charge is 0.380 e.